The number of halogens is 1. The number of nitrogens with zero attached hydrogens (tertiary/aromatic N) is 3. The molecule has 2 rings (SSSR count). The van der Waals surface area contributed by atoms with Gasteiger partial charge in [-0.1, -0.05) is 60.3 Å². The lowest BCUT2D eigenvalue weighted by Gasteiger charge is -2.05. The summed E-state index contributed by atoms with van der Waals surface area (Å²) in [5, 5.41) is 20.1. The Kier molecular flexibility index (Phi) is 7.37. The molecule has 0 aliphatic heterocycles. The van der Waals surface area contributed by atoms with Crippen LogP contribution >= 0.6 is 46.5 Å². The van der Waals surface area contributed by atoms with Crippen LogP contribution in [0.15, 0.2) is 26.9 Å². The maximum absolute atomic E-state index is 12.0. The molecular weight excluding hydrogens is 384 g/mol. The van der Waals surface area contributed by atoms with E-state index in [4.69, 9.17) is 16.9 Å². The Bertz CT molecular complexity index is 757. The maximum Gasteiger partial charge on any atom is 0.234 e. The summed E-state index contributed by atoms with van der Waals surface area (Å²) in [6, 6.07) is 6.77. The second-order valence-corrected chi connectivity index (χ2v) is 9.06. The van der Waals surface area contributed by atoms with E-state index in [2.05, 4.69) is 29.4 Å². The summed E-state index contributed by atoms with van der Waals surface area (Å²) in [6.45, 7) is 4.31. The molecule has 0 saturated heterocycles. The predicted molar refractivity (Wildman–Crippen MR) is 101 cm³/mol. The summed E-state index contributed by atoms with van der Waals surface area (Å²) in [6.07, 6.45) is 0. The molecule has 0 bridgehead atoms. The van der Waals surface area contributed by atoms with E-state index in [1.54, 1.807) is 30.0 Å². The SMILES string of the molecule is CC(C)CSc1nnc(SCC(=O)Nc2ccc(C#N)c(Cl)c2)s1. The van der Waals surface area contributed by atoms with E-state index in [-0.39, 0.29) is 11.7 Å². The fraction of sp³-hybridized carbons (Fsp3) is 0.333. The van der Waals surface area contributed by atoms with Crippen molar-refractivity contribution in [3.8, 4) is 6.07 Å². The van der Waals surface area contributed by atoms with Crippen LogP contribution in [0.1, 0.15) is 19.4 Å². The summed E-state index contributed by atoms with van der Waals surface area (Å²) in [7, 11) is 0. The molecule has 1 heterocycles. The Hall–Kier alpha value is -1.27. The minimum atomic E-state index is -0.160. The molecule has 1 aromatic carbocycles. The Morgan fingerprint density at radius 1 is 1.38 bits per heavy atom. The summed E-state index contributed by atoms with van der Waals surface area (Å²) < 4.78 is 1.69. The first-order valence-electron chi connectivity index (χ1n) is 7.06. The van der Waals surface area contributed by atoms with Crippen LogP contribution in [-0.2, 0) is 4.79 Å². The van der Waals surface area contributed by atoms with Crippen molar-refractivity contribution >= 4 is 58.1 Å². The minimum absolute atomic E-state index is 0.160. The average Bonchev–Trinajstić information content (AvgIpc) is 2.99. The van der Waals surface area contributed by atoms with E-state index in [9.17, 15) is 4.79 Å². The standard InChI is InChI=1S/C15H15ClN4OS3/c1-9(2)7-22-14-19-20-15(24-14)23-8-13(21)18-11-4-3-10(6-17)12(16)5-11/h3-5,9H,7-8H2,1-2H3,(H,18,21). The molecule has 9 heteroatoms. The van der Waals surface area contributed by atoms with E-state index >= 15 is 0 Å². The van der Waals surface area contributed by atoms with Gasteiger partial charge in [0.1, 0.15) is 6.07 Å². The summed E-state index contributed by atoms with van der Waals surface area (Å²) in [5.74, 6) is 1.67. The van der Waals surface area contributed by atoms with Gasteiger partial charge in [0, 0.05) is 11.4 Å². The van der Waals surface area contributed by atoms with E-state index in [0.717, 1.165) is 14.4 Å². The molecule has 0 aliphatic rings. The zero-order chi connectivity index (χ0) is 17.5. The minimum Gasteiger partial charge on any atom is -0.325 e. The first-order chi connectivity index (χ1) is 11.5. The van der Waals surface area contributed by atoms with E-state index in [1.807, 2.05) is 6.07 Å². The third kappa shape index (κ3) is 5.98. The molecule has 1 aromatic heterocycles. The molecule has 24 heavy (non-hydrogen) atoms. The number of rotatable bonds is 7. The Labute approximate surface area is 158 Å². The number of anilines is 1. The number of benzene rings is 1. The van der Waals surface area contributed by atoms with Crippen molar-refractivity contribution in [3.05, 3.63) is 28.8 Å². The third-order valence-electron chi connectivity index (χ3n) is 2.63. The highest BCUT2D eigenvalue weighted by Gasteiger charge is 2.10. The predicted octanol–water partition coefficient (Wildman–Crippen LogP) is 4.54. The molecule has 1 amide bonds. The lowest BCUT2D eigenvalue weighted by Crippen LogP contribution is -2.13. The van der Waals surface area contributed by atoms with Gasteiger partial charge in [-0.05, 0) is 24.1 Å². The topological polar surface area (TPSA) is 78.7 Å². The van der Waals surface area contributed by atoms with Crippen LogP contribution in [-0.4, -0.2) is 27.6 Å². The fourth-order valence-electron chi connectivity index (χ4n) is 1.56. The van der Waals surface area contributed by atoms with Crippen LogP contribution in [0.4, 0.5) is 5.69 Å². The van der Waals surface area contributed by atoms with Gasteiger partial charge < -0.3 is 5.32 Å². The van der Waals surface area contributed by atoms with Crippen LogP contribution in [0.25, 0.3) is 0 Å². The first kappa shape index (κ1) is 19.1. The van der Waals surface area contributed by atoms with Gasteiger partial charge in [-0.25, -0.2) is 0 Å². The molecular formula is C15H15ClN4OS3. The molecule has 0 unspecified atom stereocenters. The van der Waals surface area contributed by atoms with Crippen molar-refractivity contribution in [1.82, 2.24) is 10.2 Å². The van der Waals surface area contributed by atoms with Crippen LogP contribution in [0.5, 0.6) is 0 Å². The fourth-order valence-corrected chi connectivity index (χ4v) is 4.58. The van der Waals surface area contributed by atoms with Crippen LogP contribution < -0.4 is 5.32 Å². The number of hydrogen-bond donors (Lipinski definition) is 1. The molecule has 0 aliphatic carbocycles. The molecule has 126 valence electrons. The van der Waals surface area contributed by atoms with Crippen molar-refractivity contribution < 1.29 is 4.79 Å². The first-order valence-corrected chi connectivity index (χ1v) is 10.2. The van der Waals surface area contributed by atoms with Gasteiger partial charge in [0.25, 0.3) is 0 Å². The highest BCUT2D eigenvalue weighted by atomic mass is 35.5. The quantitative estimate of drug-likeness (QED) is 0.689. The zero-order valence-corrected chi connectivity index (χ0v) is 16.3. The van der Waals surface area contributed by atoms with Gasteiger partial charge in [-0.2, -0.15) is 5.26 Å². The Morgan fingerprint density at radius 3 is 2.71 bits per heavy atom. The lowest BCUT2D eigenvalue weighted by atomic mass is 10.2. The molecule has 0 fully saturated rings. The molecule has 0 spiro atoms. The summed E-state index contributed by atoms with van der Waals surface area (Å²) >= 11 is 10.5. The number of amides is 1. The van der Waals surface area contributed by atoms with Crippen LogP contribution in [0, 0.1) is 17.2 Å². The number of nitrogens with one attached hydrogen (secondary N) is 1. The van der Waals surface area contributed by atoms with E-state index in [1.165, 1.54) is 23.1 Å². The molecule has 0 radical (unpaired) electrons. The summed E-state index contributed by atoms with van der Waals surface area (Å²) in [4.78, 5) is 12.0. The highest BCUT2D eigenvalue weighted by Crippen LogP contribution is 2.29. The highest BCUT2D eigenvalue weighted by molar-refractivity contribution is 8.03. The number of aromatic nitrogens is 2. The number of carbonyl (C=O) groups excluding carboxylic acids is 1. The van der Waals surface area contributed by atoms with Gasteiger partial charge in [0.2, 0.25) is 5.91 Å². The Morgan fingerprint density at radius 2 is 2.08 bits per heavy atom. The molecule has 0 saturated carbocycles. The normalized spacial score (nSPS) is 10.6. The average molecular weight is 399 g/mol. The number of nitriles is 1. The zero-order valence-electron chi connectivity index (χ0n) is 13.1. The molecule has 2 aromatic rings. The van der Waals surface area contributed by atoms with E-state index < -0.39 is 0 Å². The lowest BCUT2D eigenvalue weighted by molar-refractivity contribution is -0.113. The summed E-state index contributed by atoms with van der Waals surface area (Å²) in [5.41, 5.74) is 0.944. The van der Waals surface area contributed by atoms with Gasteiger partial charge in [-0.3, -0.25) is 4.79 Å². The molecule has 1 N–H and O–H groups in total. The second kappa shape index (κ2) is 9.28. The Balaban J connectivity index is 1.83. The van der Waals surface area contributed by atoms with E-state index in [0.29, 0.717) is 22.2 Å². The van der Waals surface area contributed by atoms with Crippen LogP contribution in [0.3, 0.4) is 0 Å². The second-order valence-electron chi connectivity index (χ2n) is 5.18. The number of carbonyl (C=O) groups is 1. The monoisotopic (exact) mass is 398 g/mol. The van der Waals surface area contributed by atoms with Gasteiger partial charge in [0.05, 0.1) is 16.3 Å². The maximum atomic E-state index is 12.0. The largest absolute Gasteiger partial charge is 0.325 e. The van der Waals surface area contributed by atoms with Crippen molar-refractivity contribution in [2.24, 2.45) is 5.92 Å². The van der Waals surface area contributed by atoms with Crippen molar-refractivity contribution in [1.29, 1.82) is 5.26 Å². The van der Waals surface area contributed by atoms with Gasteiger partial charge >= 0.3 is 0 Å². The van der Waals surface area contributed by atoms with Gasteiger partial charge in [-0.15, -0.1) is 10.2 Å². The van der Waals surface area contributed by atoms with Crippen molar-refractivity contribution in [2.45, 2.75) is 22.5 Å². The van der Waals surface area contributed by atoms with Gasteiger partial charge in [0.15, 0.2) is 8.68 Å². The number of hydrogen-bond acceptors (Lipinski definition) is 7. The van der Waals surface area contributed by atoms with Crippen molar-refractivity contribution in [2.75, 3.05) is 16.8 Å². The third-order valence-corrected chi connectivity index (χ3v) is 6.56. The van der Waals surface area contributed by atoms with Crippen molar-refractivity contribution in [3.63, 3.8) is 0 Å². The number of thioether (sulfide) groups is 2. The molecule has 0 atom stereocenters. The van der Waals surface area contributed by atoms with Crippen LogP contribution in [0.2, 0.25) is 5.02 Å². The smallest absolute Gasteiger partial charge is 0.234 e. The molecule has 5 nitrogen and oxygen atoms in total.